The summed E-state index contributed by atoms with van der Waals surface area (Å²) in [7, 11) is 0. The van der Waals surface area contributed by atoms with Crippen LogP contribution in [-0.4, -0.2) is 20.9 Å². The van der Waals surface area contributed by atoms with Crippen LogP contribution in [0.25, 0.3) is 5.69 Å². The van der Waals surface area contributed by atoms with Gasteiger partial charge in [-0.25, -0.2) is 9.48 Å². The number of carboxylic acid groups (broad SMARTS) is 1. The molecule has 0 bridgehead atoms. The molecule has 5 nitrogen and oxygen atoms in total. The van der Waals surface area contributed by atoms with E-state index in [1.54, 1.807) is 0 Å². The molecule has 0 spiro atoms. The number of hydrogen-bond acceptors (Lipinski definition) is 3. The van der Waals surface area contributed by atoms with Crippen molar-refractivity contribution >= 4 is 21.9 Å². The molecule has 1 aromatic carbocycles. The lowest BCUT2D eigenvalue weighted by Gasteiger charge is -2.15. The standard InChI is InChI=1S/C15H15BrN2O3/c1-2-3-7-12-14(15(20)21)13(19)9-17-18(12)11-8-5-4-6-10(11)16/h4-6,8-9H,2-3,7H2,1H3,(H,20,21). The maximum absolute atomic E-state index is 11.8. The third kappa shape index (κ3) is 3.21. The highest BCUT2D eigenvalue weighted by Gasteiger charge is 2.19. The van der Waals surface area contributed by atoms with Crippen LogP contribution in [0.1, 0.15) is 35.8 Å². The molecule has 0 unspecified atom stereocenters. The Labute approximate surface area is 130 Å². The first kappa shape index (κ1) is 15.4. The van der Waals surface area contributed by atoms with E-state index in [9.17, 15) is 14.7 Å². The second kappa shape index (κ2) is 6.67. The van der Waals surface area contributed by atoms with E-state index in [-0.39, 0.29) is 5.56 Å². The van der Waals surface area contributed by atoms with Gasteiger partial charge in [0.25, 0.3) is 0 Å². The van der Waals surface area contributed by atoms with Crippen LogP contribution in [-0.2, 0) is 6.42 Å². The number of para-hydroxylation sites is 1. The van der Waals surface area contributed by atoms with E-state index >= 15 is 0 Å². The molecule has 6 heteroatoms. The van der Waals surface area contributed by atoms with Crippen molar-refractivity contribution in [2.45, 2.75) is 26.2 Å². The van der Waals surface area contributed by atoms with E-state index in [0.29, 0.717) is 17.8 Å². The minimum atomic E-state index is -1.21. The Hall–Kier alpha value is -1.95. The van der Waals surface area contributed by atoms with Crippen LogP contribution in [0, 0.1) is 0 Å². The van der Waals surface area contributed by atoms with Crippen LogP contribution in [0.3, 0.4) is 0 Å². The third-order valence-electron chi connectivity index (χ3n) is 3.14. The number of nitrogens with zero attached hydrogens (tertiary/aromatic N) is 2. The summed E-state index contributed by atoms with van der Waals surface area (Å²) in [5.74, 6) is -1.21. The summed E-state index contributed by atoms with van der Waals surface area (Å²) in [5, 5.41) is 13.4. The SMILES string of the molecule is CCCCc1c(C(=O)O)c(=O)cnn1-c1ccccc1Br. The monoisotopic (exact) mass is 350 g/mol. The molecule has 2 aromatic rings. The van der Waals surface area contributed by atoms with Gasteiger partial charge in [-0.15, -0.1) is 0 Å². The zero-order valence-electron chi connectivity index (χ0n) is 11.5. The largest absolute Gasteiger partial charge is 0.477 e. The molecule has 1 N–H and O–H groups in total. The number of rotatable bonds is 5. The Kier molecular flexibility index (Phi) is 4.90. The average molecular weight is 351 g/mol. The van der Waals surface area contributed by atoms with Crippen LogP contribution in [0.15, 0.2) is 39.7 Å². The number of carbonyl (C=O) groups is 1. The first-order valence-electron chi connectivity index (χ1n) is 6.65. The Morgan fingerprint density at radius 2 is 2.10 bits per heavy atom. The van der Waals surface area contributed by atoms with Crippen LogP contribution in [0.2, 0.25) is 0 Å². The normalized spacial score (nSPS) is 10.6. The Balaban J connectivity index is 2.71. The molecule has 1 heterocycles. The summed E-state index contributed by atoms with van der Waals surface area (Å²) >= 11 is 3.43. The molecule has 0 atom stereocenters. The number of aromatic carboxylic acids is 1. The first-order chi connectivity index (χ1) is 10.1. The van der Waals surface area contributed by atoms with E-state index in [0.717, 1.165) is 23.5 Å². The molecule has 110 valence electrons. The molecule has 0 amide bonds. The van der Waals surface area contributed by atoms with Gasteiger partial charge in [0.1, 0.15) is 5.56 Å². The molecular formula is C15H15BrN2O3. The van der Waals surface area contributed by atoms with Crippen molar-refractivity contribution in [2.24, 2.45) is 0 Å². The summed E-state index contributed by atoms with van der Waals surface area (Å²) in [6, 6.07) is 7.37. The van der Waals surface area contributed by atoms with Crippen LogP contribution < -0.4 is 5.43 Å². The predicted octanol–water partition coefficient (Wildman–Crippen LogP) is 3.04. The molecule has 0 aliphatic heterocycles. The molecule has 0 saturated heterocycles. The van der Waals surface area contributed by atoms with Crippen LogP contribution >= 0.6 is 15.9 Å². The molecular weight excluding hydrogens is 336 g/mol. The summed E-state index contributed by atoms with van der Waals surface area (Å²) in [5.41, 5.74) is 0.390. The highest BCUT2D eigenvalue weighted by Crippen LogP contribution is 2.22. The van der Waals surface area contributed by atoms with Gasteiger partial charge in [0, 0.05) is 4.47 Å². The molecule has 21 heavy (non-hydrogen) atoms. The van der Waals surface area contributed by atoms with Crippen molar-refractivity contribution in [3.63, 3.8) is 0 Å². The lowest BCUT2D eigenvalue weighted by molar-refractivity contribution is 0.0693. The second-order valence-electron chi connectivity index (χ2n) is 4.60. The minimum absolute atomic E-state index is 0.200. The van der Waals surface area contributed by atoms with Crippen molar-refractivity contribution < 1.29 is 9.90 Å². The number of halogens is 1. The third-order valence-corrected chi connectivity index (χ3v) is 3.81. The lowest BCUT2D eigenvalue weighted by Crippen LogP contribution is -2.24. The number of aromatic nitrogens is 2. The number of hydrogen-bond donors (Lipinski definition) is 1. The zero-order chi connectivity index (χ0) is 15.4. The highest BCUT2D eigenvalue weighted by atomic mass is 79.9. The summed E-state index contributed by atoms with van der Waals surface area (Å²) in [6.45, 7) is 2.01. The highest BCUT2D eigenvalue weighted by molar-refractivity contribution is 9.10. The van der Waals surface area contributed by atoms with Gasteiger partial charge in [-0.05, 0) is 40.9 Å². The number of carboxylic acids is 1. The fourth-order valence-corrected chi connectivity index (χ4v) is 2.58. The van der Waals surface area contributed by atoms with Gasteiger partial charge in [-0.2, -0.15) is 5.10 Å². The Bertz CT molecular complexity index is 725. The Morgan fingerprint density at radius 3 is 2.71 bits per heavy atom. The summed E-state index contributed by atoms with van der Waals surface area (Å²) in [4.78, 5) is 23.3. The van der Waals surface area contributed by atoms with Crippen molar-refractivity contribution in [3.05, 3.63) is 56.4 Å². The minimum Gasteiger partial charge on any atom is -0.477 e. The van der Waals surface area contributed by atoms with E-state index in [2.05, 4.69) is 21.0 Å². The van der Waals surface area contributed by atoms with Crippen molar-refractivity contribution in [1.82, 2.24) is 9.78 Å². The molecule has 2 rings (SSSR count). The van der Waals surface area contributed by atoms with E-state index < -0.39 is 11.4 Å². The van der Waals surface area contributed by atoms with Gasteiger partial charge in [-0.1, -0.05) is 25.5 Å². The molecule has 0 saturated carbocycles. The topological polar surface area (TPSA) is 72.2 Å². The average Bonchev–Trinajstić information content (AvgIpc) is 2.45. The number of benzene rings is 1. The molecule has 0 aliphatic rings. The quantitative estimate of drug-likeness (QED) is 0.899. The fourth-order valence-electron chi connectivity index (χ4n) is 2.13. The lowest BCUT2D eigenvalue weighted by atomic mass is 10.1. The zero-order valence-corrected chi connectivity index (χ0v) is 13.1. The fraction of sp³-hybridized carbons (Fsp3) is 0.267. The molecule has 0 fully saturated rings. The van der Waals surface area contributed by atoms with E-state index in [1.165, 1.54) is 4.68 Å². The molecule has 1 aromatic heterocycles. The van der Waals surface area contributed by atoms with Gasteiger partial charge in [0.05, 0.1) is 17.6 Å². The van der Waals surface area contributed by atoms with Crippen molar-refractivity contribution in [2.75, 3.05) is 0 Å². The van der Waals surface area contributed by atoms with Crippen LogP contribution in [0.4, 0.5) is 0 Å². The van der Waals surface area contributed by atoms with Gasteiger partial charge >= 0.3 is 5.97 Å². The molecule has 0 aliphatic carbocycles. The maximum Gasteiger partial charge on any atom is 0.341 e. The van der Waals surface area contributed by atoms with E-state index in [1.807, 2.05) is 31.2 Å². The predicted molar refractivity (Wildman–Crippen MR) is 83.1 cm³/mol. The van der Waals surface area contributed by atoms with E-state index in [4.69, 9.17) is 0 Å². The van der Waals surface area contributed by atoms with Gasteiger partial charge < -0.3 is 5.11 Å². The van der Waals surface area contributed by atoms with Gasteiger partial charge in [-0.3, -0.25) is 4.79 Å². The van der Waals surface area contributed by atoms with Crippen molar-refractivity contribution in [1.29, 1.82) is 0 Å². The van der Waals surface area contributed by atoms with Crippen molar-refractivity contribution in [3.8, 4) is 5.69 Å². The Morgan fingerprint density at radius 1 is 1.38 bits per heavy atom. The van der Waals surface area contributed by atoms with Gasteiger partial charge in [0.2, 0.25) is 5.43 Å². The summed E-state index contributed by atoms with van der Waals surface area (Å²) in [6.07, 6.45) is 3.23. The summed E-state index contributed by atoms with van der Waals surface area (Å²) < 4.78 is 2.32. The second-order valence-corrected chi connectivity index (χ2v) is 5.46. The smallest absolute Gasteiger partial charge is 0.341 e. The number of unbranched alkanes of at least 4 members (excludes halogenated alkanes) is 1. The molecule has 0 radical (unpaired) electrons. The van der Waals surface area contributed by atoms with Gasteiger partial charge in [0.15, 0.2) is 0 Å². The van der Waals surface area contributed by atoms with Crippen LogP contribution in [0.5, 0.6) is 0 Å². The maximum atomic E-state index is 11.8. The first-order valence-corrected chi connectivity index (χ1v) is 7.45.